The van der Waals surface area contributed by atoms with Gasteiger partial charge in [-0.3, -0.25) is 4.90 Å². The SMILES string of the molecule is COCCOCCOCCOCCOCCOC[C@@]1(F)CC=C(c2nccc(COc3ccc4cc3C[C@H](C(=O)O)Oc3ncnc5sc(-c6ccc(F)cc6)c(c35)-c3c(C)c(Cl)c(c(Cl)c3C)O[C@H](CN3CCN(C)CC3)CO4)n2)CC1. The minimum Gasteiger partial charge on any atom is -0.490 e. The van der Waals surface area contributed by atoms with E-state index in [2.05, 4.69) is 31.8 Å². The molecule has 0 unspecified atom stereocenters. The third kappa shape index (κ3) is 16.4. The summed E-state index contributed by atoms with van der Waals surface area (Å²) in [7, 11) is 3.72. The molecule has 1 N–H and O–H groups in total. The fourth-order valence-electron chi connectivity index (χ4n) is 9.98. The zero-order valence-electron chi connectivity index (χ0n) is 47.1. The van der Waals surface area contributed by atoms with E-state index in [4.69, 9.17) is 75.6 Å². The van der Waals surface area contributed by atoms with Gasteiger partial charge in [-0.2, -0.15) is 0 Å². The molecule has 0 saturated carbocycles. The quantitative estimate of drug-likeness (QED) is 0.0533. The number of thiophene rings is 1. The van der Waals surface area contributed by atoms with Crippen LogP contribution < -0.4 is 18.9 Å². The van der Waals surface area contributed by atoms with Gasteiger partial charge in [0.15, 0.2) is 11.6 Å². The first-order chi connectivity index (χ1) is 40.3. The molecule has 3 aromatic heterocycles. The number of methoxy groups -OCH3 is 1. The Hall–Kier alpha value is -5.69. The number of aliphatic carboxylic acids is 1. The van der Waals surface area contributed by atoms with E-state index in [0.29, 0.717) is 150 Å². The Morgan fingerprint density at radius 1 is 0.843 bits per heavy atom. The Morgan fingerprint density at radius 3 is 2.17 bits per heavy atom. The van der Waals surface area contributed by atoms with Crippen molar-refractivity contribution in [2.24, 2.45) is 0 Å². The number of carbonyl (C=O) groups is 1. The molecule has 3 aromatic carbocycles. The number of halogens is 4. The van der Waals surface area contributed by atoms with Crippen molar-refractivity contribution >= 4 is 56.3 Å². The van der Waals surface area contributed by atoms with E-state index < -0.39 is 29.7 Å². The molecule has 1 saturated heterocycles. The topological polar surface area (TPSA) is 188 Å². The molecule has 1 fully saturated rings. The number of hydrogen-bond acceptors (Lipinski definition) is 18. The van der Waals surface area contributed by atoms with Crippen LogP contribution in [0.15, 0.2) is 67.1 Å². The molecule has 3 aliphatic heterocycles. The van der Waals surface area contributed by atoms with Crippen molar-refractivity contribution in [1.82, 2.24) is 29.7 Å². The van der Waals surface area contributed by atoms with Gasteiger partial charge in [-0.25, -0.2) is 33.5 Å². The predicted molar refractivity (Wildman–Crippen MR) is 312 cm³/mol. The van der Waals surface area contributed by atoms with Crippen LogP contribution in [-0.2, 0) is 46.2 Å². The van der Waals surface area contributed by atoms with E-state index in [0.717, 1.165) is 31.8 Å². The summed E-state index contributed by atoms with van der Waals surface area (Å²) in [6, 6.07) is 13.0. The van der Waals surface area contributed by atoms with Gasteiger partial charge in [0.1, 0.15) is 53.5 Å². The first kappa shape index (κ1) is 61.9. The average Bonchev–Trinajstić information content (AvgIpc) is 2.06. The van der Waals surface area contributed by atoms with Crippen molar-refractivity contribution < 1.29 is 66.1 Å². The number of ether oxygens (including phenoxy) is 10. The molecule has 446 valence electrons. The Balaban J connectivity index is 0.909. The molecule has 10 rings (SSSR count). The number of benzene rings is 3. The monoisotopic (exact) mass is 1210 g/mol. The van der Waals surface area contributed by atoms with Crippen LogP contribution in [0, 0.1) is 19.7 Å². The van der Waals surface area contributed by atoms with Crippen LogP contribution in [0.5, 0.6) is 23.1 Å². The van der Waals surface area contributed by atoms with Crippen molar-refractivity contribution in [2.45, 2.75) is 64.0 Å². The van der Waals surface area contributed by atoms with Gasteiger partial charge in [-0.1, -0.05) is 41.4 Å². The maximum Gasteiger partial charge on any atom is 0.345 e. The summed E-state index contributed by atoms with van der Waals surface area (Å²) in [6.45, 7) is 11.9. The van der Waals surface area contributed by atoms with Crippen molar-refractivity contribution in [1.29, 1.82) is 0 Å². The molecule has 3 atom stereocenters. The summed E-state index contributed by atoms with van der Waals surface area (Å²) in [5, 5.41) is 12.0. The molecule has 4 bridgehead atoms. The molecule has 4 aliphatic rings. The summed E-state index contributed by atoms with van der Waals surface area (Å²) >= 11 is 16.0. The molecule has 6 aromatic rings. The molecule has 23 heteroatoms. The van der Waals surface area contributed by atoms with E-state index >= 15 is 4.39 Å². The van der Waals surface area contributed by atoms with Crippen LogP contribution in [-0.4, -0.2) is 185 Å². The highest BCUT2D eigenvalue weighted by molar-refractivity contribution is 7.22. The number of nitrogens with zero attached hydrogens (tertiary/aromatic N) is 6. The second-order valence-corrected chi connectivity index (χ2v) is 22.3. The van der Waals surface area contributed by atoms with Crippen molar-refractivity contribution in [2.75, 3.05) is 126 Å². The highest BCUT2D eigenvalue weighted by Crippen LogP contribution is 2.53. The van der Waals surface area contributed by atoms with Crippen LogP contribution in [0.1, 0.15) is 47.5 Å². The second-order valence-electron chi connectivity index (χ2n) is 20.6. The molecule has 1 aliphatic carbocycles. The fourth-order valence-corrected chi connectivity index (χ4v) is 11.6. The first-order valence-corrected chi connectivity index (χ1v) is 29.3. The standard InChI is InChI=1S/C60H70Cl2F2N6O12S/c1-38-49-39(2)53(62)54(52(38)61)81-46(33-70-19-17-69(3)18-20-70)35-79-45-9-10-47(42(31-45)32-48(59(71)72)82-57-51-50(49)55(83-58(51)67-37-66-57)40-5-7-43(63)8-6-40)80-34-44-13-16-65-56(68-44)41-11-14-60(64,15-12-41)36-78-30-29-77-28-27-76-26-25-75-24-23-74-22-21-73-4/h5-11,13,16,31,37,46,48H,12,14-15,17-30,32-36H2,1-4H3,(H,71,72)/t46-,48-,60-/m1/s1. The summed E-state index contributed by atoms with van der Waals surface area (Å²) in [5.41, 5.74) is 3.43. The highest BCUT2D eigenvalue weighted by Gasteiger charge is 2.35. The molecule has 18 nitrogen and oxygen atoms in total. The van der Waals surface area contributed by atoms with Crippen LogP contribution in [0.25, 0.3) is 37.4 Å². The lowest BCUT2D eigenvalue weighted by molar-refractivity contribution is -0.145. The largest absolute Gasteiger partial charge is 0.490 e. The van der Waals surface area contributed by atoms with Crippen LogP contribution in [0.4, 0.5) is 8.78 Å². The third-order valence-electron chi connectivity index (χ3n) is 14.6. The van der Waals surface area contributed by atoms with Gasteiger partial charge in [0, 0.05) is 74.9 Å². The van der Waals surface area contributed by atoms with Gasteiger partial charge in [0.05, 0.1) is 93.8 Å². The number of piperazine rings is 1. The van der Waals surface area contributed by atoms with Crippen molar-refractivity contribution in [3.05, 3.63) is 111 Å². The van der Waals surface area contributed by atoms with E-state index in [-0.39, 0.29) is 61.6 Å². The maximum absolute atomic E-state index is 15.9. The van der Waals surface area contributed by atoms with Gasteiger partial charge in [-0.05, 0) is 98.0 Å². The number of carboxylic acid groups (broad SMARTS) is 1. The summed E-state index contributed by atoms with van der Waals surface area (Å²) in [5.74, 6) is -0.143. The Bertz CT molecular complexity index is 3140. The zero-order chi connectivity index (χ0) is 58.3. The van der Waals surface area contributed by atoms with Gasteiger partial charge < -0.3 is 57.4 Å². The number of allylic oxidation sites excluding steroid dienone is 2. The van der Waals surface area contributed by atoms with E-state index in [1.807, 2.05) is 19.9 Å². The average molecular weight is 1210 g/mol. The number of fused-ring (bicyclic) bond motifs is 7. The van der Waals surface area contributed by atoms with Crippen molar-refractivity contribution in [3.63, 3.8) is 0 Å². The Morgan fingerprint density at radius 2 is 1.52 bits per heavy atom. The first-order valence-electron chi connectivity index (χ1n) is 27.7. The predicted octanol–water partition coefficient (Wildman–Crippen LogP) is 9.92. The lowest BCUT2D eigenvalue weighted by Gasteiger charge is -2.35. The molecule has 6 heterocycles. The smallest absolute Gasteiger partial charge is 0.345 e. The lowest BCUT2D eigenvalue weighted by atomic mass is 9.87. The Labute approximate surface area is 495 Å². The maximum atomic E-state index is 15.9. The van der Waals surface area contributed by atoms with Gasteiger partial charge in [0.25, 0.3) is 0 Å². The van der Waals surface area contributed by atoms with E-state index in [9.17, 15) is 14.3 Å². The molecule has 0 spiro atoms. The van der Waals surface area contributed by atoms with Crippen LogP contribution in [0.2, 0.25) is 10.0 Å². The zero-order valence-corrected chi connectivity index (χ0v) is 49.4. The number of alkyl halides is 1. The van der Waals surface area contributed by atoms with Gasteiger partial charge in [0.2, 0.25) is 12.0 Å². The fraction of sp³-hybridized carbons (Fsp3) is 0.483. The van der Waals surface area contributed by atoms with Gasteiger partial charge in [-0.15, -0.1) is 11.3 Å². The van der Waals surface area contributed by atoms with Gasteiger partial charge >= 0.3 is 5.97 Å². The lowest BCUT2D eigenvalue weighted by Crippen LogP contribution is -2.49. The highest BCUT2D eigenvalue weighted by atomic mass is 35.5. The minimum atomic E-state index is -1.55. The number of hydrogen-bond donors (Lipinski definition) is 1. The summed E-state index contributed by atoms with van der Waals surface area (Å²) in [4.78, 5) is 37.8. The third-order valence-corrected chi connectivity index (χ3v) is 16.6. The van der Waals surface area contributed by atoms with Crippen molar-refractivity contribution in [3.8, 4) is 44.7 Å². The molecular weight excluding hydrogens is 1140 g/mol. The summed E-state index contributed by atoms with van der Waals surface area (Å²) < 4.78 is 89.4. The normalized spacial score (nSPS) is 18.8. The van der Waals surface area contributed by atoms with Crippen LogP contribution in [0.3, 0.4) is 0 Å². The summed E-state index contributed by atoms with van der Waals surface area (Å²) in [6.07, 6.45) is 3.26. The molecular formula is C60H70Cl2F2N6O12S. The minimum absolute atomic E-state index is 0.000682. The van der Waals surface area contributed by atoms with E-state index in [1.54, 1.807) is 49.7 Å². The second kappa shape index (κ2) is 29.9. The number of carboxylic acids is 1. The van der Waals surface area contributed by atoms with Crippen LogP contribution >= 0.6 is 34.5 Å². The number of rotatable bonds is 25. The Kier molecular flexibility index (Phi) is 22.3. The molecule has 0 radical (unpaired) electrons. The molecule has 83 heavy (non-hydrogen) atoms. The molecule has 0 amide bonds. The number of aromatic nitrogens is 4. The van der Waals surface area contributed by atoms with E-state index in [1.165, 1.54) is 29.8 Å². The number of likely N-dealkylation sites (N-methyl/N-ethyl adjacent to an activating group) is 1.